The highest BCUT2D eigenvalue weighted by molar-refractivity contribution is 8.02. The number of methoxy groups -OCH3 is 2. The number of carbonyl (C=O) groups excluding carboxylic acids is 2. The van der Waals surface area contributed by atoms with Crippen LogP contribution >= 0.6 is 11.8 Å². The molecule has 2 amide bonds. The van der Waals surface area contributed by atoms with Crippen molar-refractivity contribution in [3.05, 3.63) is 11.6 Å². The van der Waals surface area contributed by atoms with Crippen molar-refractivity contribution >= 4 is 23.8 Å². The van der Waals surface area contributed by atoms with Gasteiger partial charge in [-0.2, -0.15) is 0 Å². The van der Waals surface area contributed by atoms with Crippen LogP contribution in [0.4, 0.5) is 4.79 Å². The maximum absolute atomic E-state index is 12.0. The minimum absolute atomic E-state index is 0.159. The van der Waals surface area contributed by atoms with E-state index in [2.05, 4.69) is 10.1 Å². The van der Waals surface area contributed by atoms with Crippen molar-refractivity contribution in [2.45, 2.75) is 12.5 Å². The van der Waals surface area contributed by atoms with E-state index in [1.165, 1.54) is 18.9 Å². The molecule has 1 N–H and O–H groups in total. The Morgan fingerprint density at radius 3 is 2.82 bits per heavy atom. The number of ether oxygens (including phenoxy) is 2. The Labute approximate surface area is 104 Å². The van der Waals surface area contributed by atoms with Gasteiger partial charge in [-0.3, -0.25) is 4.79 Å². The number of amides is 2. The first-order chi connectivity index (χ1) is 8.19. The number of alkyl carbamates (subject to hydrolysis) is 1. The molecule has 0 bridgehead atoms. The first-order valence-corrected chi connectivity index (χ1v) is 6.16. The van der Waals surface area contributed by atoms with Crippen molar-refractivity contribution in [2.24, 2.45) is 0 Å². The molecule has 0 aromatic heterocycles. The van der Waals surface area contributed by atoms with Crippen LogP contribution in [0.25, 0.3) is 0 Å². The summed E-state index contributed by atoms with van der Waals surface area (Å²) >= 11 is 1.53. The van der Waals surface area contributed by atoms with Gasteiger partial charge in [-0.15, -0.1) is 11.8 Å². The SMILES string of the molecule is COCCC(NC(=O)OC)C(=O)N1C=CSC1. The van der Waals surface area contributed by atoms with Gasteiger partial charge in [0.25, 0.3) is 0 Å². The molecule has 0 saturated heterocycles. The molecule has 1 atom stereocenters. The van der Waals surface area contributed by atoms with Crippen LogP contribution in [0.5, 0.6) is 0 Å². The second-order valence-corrected chi connectivity index (χ2v) is 4.22. The second kappa shape index (κ2) is 7.18. The van der Waals surface area contributed by atoms with Gasteiger partial charge in [-0.05, 0) is 5.41 Å². The molecule has 0 saturated carbocycles. The maximum Gasteiger partial charge on any atom is 0.407 e. The highest BCUT2D eigenvalue weighted by Gasteiger charge is 2.26. The van der Waals surface area contributed by atoms with E-state index in [-0.39, 0.29) is 5.91 Å². The molecular formula is C10H16N2O4S. The summed E-state index contributed by atoms with van der Waals surface area (Å²) in [7, 11) is 2.81. The zero-order valence-corrected chi connectivity index (χ0v) is 10.7. The molecular weight excluding hydrogens is 244 g/mol. The summed E-state index contributed by atoms with van der Waals surface area (Å²) in [6.45, 7) is 0.394. The summed E-state index contributed by atoms with van der Waals surface area (Å²) in [6, 6.07) is -0.620. The van der Waals surface area contributed by atoms with E-state index in [1.807, 2.05) is 5.41 Å². The highest BCUT2D eigenvalue weighted by Crippen LogP contribution is 2.16. The molecule has 0 spiro atoms. The van der Waals surface area contributed by atoms with Crippen LogP contribution in [0.3, 0.4) is 0 Å². The summed E-state index contributed by atoms with van der Waals surface area (Å²) in [5.74, 6) is 0.416. The molecule has 1 unspecified atom stereocenters. The fraction of sp³-hybridized carbons (Fsp3) is 0.600. The first kappa shape index (κ1) is 13.9. The van der Waals surface area contributed by atoms with Gasteiger partial charge in [0.05, 0.1) is 13.0 Å². The van der Waals surface area contributed by atoms with Crippen LogP contribution in [0.2, 0.25) is 0 Å². The normalized spacial score (nSPS) is 15.8. The van der Waals surface area contributed by atoms with Crippen LogP contribution < -0.4 is 5.32 Å². The molecule has 17 heavy (non-hydrogen) atoms. The van der Waals surface area contributed by atoms with E-state index in [9.17, 15) is 9.59 Å². The summed E-state index contributed by atoms with van der Waals surface area (Å²) < 4.78 is 9.40. The average molecular weight is 260 g/mol. The number of thioether (sulfide) groups is 1. The topological polar surface area (TPSA) is 67.9 Å². The second-order valence-electron chi connectivity index (χ2n) is 3.36. The minimum atomic E-state index is -0.620. The lowest BCUT2D eigenvalue weighted by Gasteiger charge is -2.21. The van der Waals surface area contributed by atoms with Crippen molar-refractivity contribution < 1.29 is 19.1 Å². The summed E-state index contributed by atoms with van der Waals surface area (Å²) in [4.78, 5) is 24.7. The molecule has 1 aliphatic heterocycles. The Morgan fingerprint density at radius 2 is 2.29 bits per heavy atom. The molecule has 0 aliphatic carbocycles. The van der Waals surface area contributed by atoms with Crippen molar-refractivity contribution in [1.29, 1.82) is 0 Å². The Balaban J connectivity index is 2.57. The average Bonchev–Trinajstić information content (AvgIpc) is 2.86. The largest absolute Gasteiger partial charge is 0.453 e. The monoisotopic (exact) mass is 260 g/mol. The van der Waals surface area contributed by atoms with Gasteiger partial charge in [0.1, 0.15) is 6.04 Å². The zero-order chi connectivity index (χ0) is 12.7. The summed E-state index contributed by atoms with van der Waals surface area (Å²) in [5, 5.41) is 4.34. The third-order valence-electron chi connectivity index (χ3n) is 2.22. The quantitative estimate of drug-likeness (QED) is 0.790. The number of nitrogens with one attached hydrogen (secondary N) is 1. The van der Waals surface area contributed by atoms with Gasteiger partial charge >= 0.3 is 6.09 Å². The van der Waals surface area contributed by atoms with Crippen LogP contribution in [0.1, 0.15) is 6.42 Å². The number of hydrogen-bond acceptors (Lipinski definition) is 5. The summed E-state index contributed by atoms with van der Waals surface area (Å²) in [5.41, 5.74) is 0. The number of rotatable bonds is 5. The van der Waals surface area contributed by atoms with Crippen molar-refractivity contribution in [3.63, 3.8) is 0 Å². The van der Waals surface area contributed by atoms with Gasteiger partial charge in [0, 0.05) is 26.3 Å². The third-order valence-corrected chi connectivity index (χ3v) is 2.96. The standard InChI is InChI=1S/C10H16N2O4S/c1-15-5-3-8(11-10(14)16-2)9(13)12-4-6-17-7-12/h4,6,8H,3,5,7H2,1-2H3,(H,11,14). The van der Waals surface area contributed by atoms with Crippen molar-refractivity contribution in [2.75, 3.05) is 26.7 Å². The predicted octanol–water partition coefficient (Wildman–Crippen LogP) is 0.752. The van der Waals surface area contributed by atoms with Crippen molar-refractivity contribution in [3.8, 4) is 0 Å². The molecule has 0 fully saturated rings. The number of nitrogens with zero attached hydrogens (tertiary/aromatic N) is 1. The molecule has 96 valence electrons. The van der Waals surface area contributed by atoms with Gasteiger partial charge in [-0.25, -0.2) is 4.79 Å². The van der Waals surface area contributed by atoms with Crippen LogP contribution in [-0.4, -0.2) is 49.6 Å². The fourth-order valence-corrected chi connectivity index (χ4v) is 2.01. The predicted molar refractivity (Wildman–Crippen MR) is 64.3 cm³/mol. The number of carbonyl (C=O) groups is 2. The maximum atomic E-state index is 12.0. The molecule has 0 radical (unpaired) electrons. The van der Waals surface area contributed by atoms with E-state index in [1.54, 1.807) is 18.2 Å². The molecule has 1 aliphatic rings. The Bertz CT molecular complexity index is 309. The third kappa shape index (κ3) is 4.27. The van der Waals surface area contributed by atoms with Crippen LogP contribution in [-0.2, 0) is 14.3 Å². The zero-order valence-electron chi connectivity index (χ0n) is 9.84. The Hall–Kier alpha value is -1.21. The summed E-state index contributed by atoms with van der Waals surface area (Å²) in [6.07, 6.45) is 1.50. The van der Waals surface area contributed by atoms with Crippen LogP contribution in [0.15, 0.2) is 11.6 Å². The number of hydrogen-bond donors (Lipinski definition) is 1. The molecule has 1 heterocycles. The molecule has 0 aromatic rings. The molecule has 6 nitrogen and oxygen atoms in total. The van der Waals surface area contributed by atoms with E-state index >= 15 is 0 Å². The van der Waals surface area contributed by atoms with Crippen molar-refractivity contribution in [1.82, 2.24) is 10.2 Å². The molecule has 0 aromatic carbocycles. The Morgan fingerprint density at radius 1 is 1.53 bits per heavy atom. The fourth-order valence-electron chi connectivity index (χ4n) is 1.31. The smallest absolute Gasteiger partial charge is 0.407 e. The first-order valence-electron chi connectivity index (χ1n) is 5.11. The van der Waals surface area contributed by atoms with E-state index < -0.39 is 12.1 Å². The van der Waals surface area contributed by atoms with Gasteiger partial charge in [0.2, 0.25) is 5.91 Å². The van der Waals surface area contributed by atoms with E-state index in [4.69, 9.17) is 4.74 Å². The van der Waals surface area contributed by atoms with Gasteiger partial charge in [0.15, 0.2) is 0 Å². The molecule has 7 heteroatoms. The lowest BCUT2D eigenvalue weighted by molar-refractivity contribution is -0.130. The van der Waals surface area contributed by atoms with Gasteiger partial charge < -0.3 is 19.7 Å². The van der Waals surface area contributed by atoms with E-state index in [0.717, 1.165) is 0 Å². The molecule has 1 rings (SSSR count). The van der Waals surface area contributed by atoms with Crippen LogP contribution in [0, 0.1) is 0 Å². The van der Waals surface area contributed by atoms with Gasteiger partial charge in [-0.1, -0.05) is 0 Å². The van der Waals surface area contributed by atoms with E-state index in [0.29, 0.717) is 18.9 Å². The minimum Gasteiger partial charge on any atom is -0.453 e. The highest BCUT2D eigenvalue weighted by atomic mass is 32.2. The lowest BCUT2D eigenvalue weighted by atomic mass is 10.2. The Kier molecular flexibility index (Phi) is 5.85. The lowest BCUT2D eigenvalue weighted by Crippen LogP contribution is -2.46.